The summed E-state index contributed by atoms with van der Waals surface area (Å²) < 4.78 is 113. The molecule has 0 spiro atoms. The Balaban J connectivity index is 0.876. The van der Waals surface area contributed by atoms with Gasteiger partial charge in [-0.25, -0.2) is 0 Å². The van der Waals surface area contributed by atoms with Crippen LogP contribution in [0.15, 0.2) is 0 Å². The molecule has 0 aromatic heterocycles. The number of aliphatic hydroxyl groups excluding tert-OH is 26. The normalized spacial score (nSPS) is 50.0. The highest BCUT2D eigenvalue weighted by molar-refractivity contribution is 5.74. The molecule has 4 amide bonds. The van der Waals surface area contributed by atoms with Gasteiger partial charge in [0.05, 0.1) is 65.1 Å². The molecule has 10 saturated heterocycles. The van der Waals surface area contributed by atoms with Gasteiger partial charge in [0.15, 0.2) is 62.9 Å². The van der Waals surface area contributed by atoms with Crippen molar-refractivity contribution >= 4 is 23.6 Å². The van der Waals surface area contributed by atoms with Crippen LogP contribution >= 0.6 is 0 Å². The molecule has 0 bridgehead atoms. The third kappa shape index (κ3) is 21.8. The summed E-state index contributed by atoms with van der Waals surface area (Å²) in [7, 11) is 0. The minimum absolute atomic E-state index is 0.923. The van der Waals surface area contributed by atoms with Crippen LogP contribution in [0.2, 0.25) is 0 Å². The second kappa shape index (κ2) is 43.0. The van der Waals surface area contributed by atoms with Gasteiger partial charge in [-0.15, -0.1) is 0 Å². The molecular weight excluding hydrogens is 1660 g/mol. The van der Waals surface area contributed by atoms with E-state index in [2.05, 4.69) is 21.3 Å². The van der Waals surface area contributed by atoms with Gasteiger partial charge in [-0.3, -0.25) is 19.2 Å². The molecule has 10 aliphatic heterocycles. The second-order valence-electron chi connectivity index (χ2n) is 30.9. The number of amides is 4. The standard InChI is InChI=1S/C68H114N4O49/c1-15-33(84)41(92)45(96)63(104-15)115-52-26(12-78)112-61(31(71-19(5)82)55(52)118-65-47(98)43(94)35(86)21(7-73)107-65)120-57-37(88)23(9-75)109-67(49(57)100)114-51-25(11-77)111-60(29(40(51)91)69-17(3)80)103-14-28-39(90)54(30(59(102)106-28)70-18(4)81)117-68-50(101)58(38(89)24(10-76)110-68)121-62-32(72-20(6)83)56(119-66-48(99)44(95)36(87)22(8-74)108-66)53(27(13-79)113-62)116-64-46(97)42(93)34(85)16(2)105-64/h15-16,21-68,73-79,84-102H,7-14H2,1-6H3,(H,69,80)(H,70,81)(H,71,82)(H,72,83)/t15-,16-,21+,22+,23+,24+,25+,26+,27+,28+,29+,30+,31+,32+,33+,34+,35-,36-,37-,38-,39-,40+,41+,42+,43-,44-,45-,46-,47+,48+,49+,50+,51+,52+,53+,54+,55+,56+,57-,58-,59?,60+,61-,62-,63-,64-,65-,66-,67-,68-/m0/s1. The van der Waals surface area contributed by atoms with E-state index in [4.69, 9.17) is 90.0 Å². The fourth-order valence-electron chi connectivity index (χ4n) is 15.8. The fourth-order valence-corrected chi connectivity index (χ4v) is 15.8. The lowest BCUT2D eigenvalue weighted by Gasteiger charge is -2.52. The van der Waals surface area contributed by atoms with Crippen molar-refractivity contribution in [2.45, 2.75) is 348 Å². The van der Waals surface area contributed by atoms with Crippen LogP contribution in [0.1, 0.15) is 41.5 Å². The zero-order chi connectivity index (χ0) is 89.1. The molecule has 0 radical (unpaired) electrons. The number of rotatable bonds is 30. The number of hydrogen-bond donors (Lipinski definition) is 30. The van der Waals surface area contributed by atoms with Gasteiger partial charge < -0.3 is 244 Å². The monoisotopic (exact) mass is 1770 g/mol. The molecule has 53 heteroatoms. The molecule has 50 atom stereocenters. The summed E-state index contributed by atoms with van der Waals surface area (Å²) in [6.07, 6.45) is -92.3. The molecule has 10 heterocycles. The number of ether oxygens (including phenoxy) is 19. The molecule has 121 heavy (non-hydrogen) atoms. The van der Waals surface area contributed by atoms with E-state index in [1.807, 2.05) is 0 Å². The Labute approximate surface area is 686 Å². The van der Waals surface area contributed by atoms with E-state index in [0.717, 1.165) is 27.7 Å². The first-order valence-electron chi connectivity index (χ1n) is 38.9. The molecule has 0 saturated carbocycles. The smallest absolute Gasteiger partial charge is 0.217 e. The quantitative estimate of drug-likeness (QED) is 0.0318. The highest BCUT2D eigenvalue weighted by Crippen LogP contribution is 2.41. The predicted molar refractivity (Wildman–Crippen MR) is 373 cm³/mol. The third-order valence-electron chi connectivity index (χ3n) is 22.4. The zero-order valence-electron chi connectivity index (χ0n) is 65.5. The summed E-state index contributed by atoms with van der Waals surface area (Å²) in [5.74, 6) is -3.76. The van der Waals surface area contributed by atoms with Gasteiger partial charge in [-0.2, -0.15) is 0 Å². The second-order valence-corrected chi connectivity index (χ2v) is 30.9. The number of carbonyl (C=O) groups excluding carboxylic acids is 4. The average Bonchev–Trinajstić information content (AvgIpc) is 0.761. The Bertz CT molecular complexity index is 3270. The van der Waals surface area contributed by atoms with Crippen LogP contribution in [0.5, 0.6) is 0 Å². The van der Waals surface area contributed by atoms with Crippen molar-refractivity contribution in [3.63, 3.8) is 0 Å². The molecule has 10 aliphatic rings. The van der Waals surface area contributed by atoms with Crippen molar-refractivity contribution in [1.29, 1.82) is 0 Å². The summed E-state index contributed by atoms with van der Waals surface area (Å²) in [6, 6.07) is -7.64. The average molecular weight is 1770 g/mol. The minimum Gasteiger partial charge on any atom is -0.394 e. The van der Waals surface area contributed by atoms with Crippen LogP contribution in [0.25, 0.3) is 0 Å². The van der Waals surface area contributed by atoms with E-state index >= 15 is 0 Å². The van der Waals surface area contributed by atoms with Gasteiger partial charge in [0.1, 0.15) is 232 Å². The molecule has 700 valence electrons. The molecule has 10 rings (SSSR count). The van der Waals surface area contributed by atoms with E-state index < -0.39 is 383 Å². The lowest BCUT2D eigenvalue weighted by Crippen LogP contribution is -2.71. The Morgan fingerprint density at radius 2 is 0.496 bits per heavy atom. The van der Waals surface area contributed by atoms with Crippen LogP contribution in [-0.2, 0) is 109 Å². The molecule has 53 nitrogen and oxygen atoms in total. The van der Waals surface area contributed by atoms with Crippen LogP contribution in [0.3, 0.4) is 0 Å². The summed E-state index contributed by atoms with van der Waals surface area (Å²) in [5.41, 5.74) is 0. The third-order valence-corrected chi connectivity index (χ3v) is 22.4. The van der Waals surface area contributed by atoms with E-state index in [1.54, 1.807) is 0 Å². The van der Waals surface area contributed by atoms with Crippen molar-refractivity contribution in [2.75, 3.05) is 52.9 Å². The largest absolute Gasteiger partial charge is 0.394 e. The van der Waals surface area contributed by atoms with Crippen molar-refractivity contribution in [3.05, 3.63) is 0 Å². The number of carbonyl (C=O) groups is 4. The Morgan fingerprint density at radius 1 is 0.231 bits per heavy atom. The van der Waals surface area contributed by atoms with Crippen LogP contribution in [-0.4, -0.2) is 516 Å². The lowest BCUT2D eigenvalue weighted by atomic mass is 9.93. The highest BCUT2D eigenvalue weighted by atomic mass is 16.8. The Hall–Kier alpha value is -3.92. The first kappa shape index (κ1) is 99.2. The van der Waals surface area contributed by atoms with E-state index in [9.17, 15) is 152 Å². The predicted octanol–water partition coefficient (Wildman–Crippen LogP) is -20.2. The van der Waals surface area contributed by atoms with E-state index in [0.29, 0.717) is 0 Å². The molecule has 10 fully saturated rings. The fraction of sp³-hybridized carbons (Fsp3) is 0.941. The van der Waals surface area contributed by atoms with Gasteiger partial charge in [0.2, 0.25) is 23.6 Å². The summed E-state index contributed by atoms with van der Waals surface area (Å²) in [6.45, 7) is -2.40. The van der Waals surface area contributed by atoms with Crippen molar-refractivity contribution in [2.24, 2.45) is 0 Å². The van der Waals surface area contributed by atoms with Gasteiger partial charge in [0.25, 0.3) is 0 Å². The zero-order valence-corrected chi connectivity index (χ0v) is 65.5. The lowest BCUT2D eigenvalue weighted by molar-refractivity contribution is -0.391. The Morgan fingerprint density at radius 3 is 0.860 bits per heavy atom. The maximum absolute atomic E-state index is 13.3. The molecule has 30 N–H and O–H groups in total. The number of nitrogens with one attached hydrogen (secondary N) is 4. The molecule has 1 unspecified atom stereocenters. The maximum atomic E-state index is 13.3. The number of aliphatic hydroxyl groups is 26. The summed E-state index contributed by atoms with van der Waals surface area (Å²) >= 11 is 0. The van der Waals surface area contributed by atoms with Gasteiger partial charge in [0, 0.05) is 27.7 Å². The van der Waals surface area contributed by atoms with Crippen LogP contribution in [0, 0.1) is 0 Å². The SMILES string of the molecule is CC(=O)N[C@H]1[C@H](OC[C@H]2OC(O)[C@H](NC(C)=O)[C@@H](O[C@@H]3O[C@H](CO)[C@H](O)[C@H](O[C@@H]4O[C@H](CO)[C@@H](O[C@@H]5O[C@@H](C)[C@@H](O)[C@@H](O)[C@@H]5O)[C@H](O[C@@H]5O[C@H](CO)[C@H](O)[C@H](O)[C@H]5O)[C@H]4NC(C)=O)[C@H]3O)[C@H]2O)O[C@H](CO)[C@@H](O[C@@H]2O[C@H](CO)[C@H](O)[C@H](O[C@@H]3O[C@H](CO)[C@@H](O[C@@H]4O[C@@H](C)[C@@H](O)[C@@H](O)[C@@H]4O)[C@H](O[C@@H]4O[C@H](CO)[C@H](O)[C@H](O)[C@H]4O)[C@H]3NC(C)=O)[C@H]2O)[C@@H]1O. The topological polar surface area (TPSA) is 818 Å². The summed E-state index contributed by atoms with van der Waals surface area (Å²) in [4.78, 5) is 52.4. The molecule has 0 aromatic rings. The van der Waals surface area contributed by atoms with Gasteiger partial charge in [-0.05, 0) is 13.8 Å². The van der Waals surface area contributed by atoms with E-state index in [-0.39, 0.29) is 0 Å². The van der Waals surface area contributed by atoms with Gasteiger partial charge in [-0.1, -0.05) is 0 Å². The highest BCUT2D eigenvalue weighted by Gasteiger charge is 2.62. The van der Waals surface area contributed by atoms with Crippen LogP contribution < -0.4 is 21.3 Å². The van der Waals surface area contributed by atoms with Crippen molar-refractivity contribution < 1.29 is 242 Å². The van der Waals surface area contributed by atoms with Crippen LogP contribution in [0.4, 0.5) is 0 Å². The first-order valence-corrected chi connectivity index (χ1v) is 38.9. The first-order chi connectivity index (χ1) is 57.2. The van der Waals surface area contributed by atoms with E-state index in [1.165, 1.54) is 13.8 Å². The maximum Gasteiger partial charge on any atom is 0.217 e. The van der Waals surface area contributed by atoms with Gasteiger partial charge >= 0.3 is 0 Å². The number of hydrogen-bond acceptors (Lipinski definition) is 49. The Kier molecular flexibility index (Phi) is 35.3. The molecule has 0 aromatic carbocycles. The van der Waals surface area contributed by atoms with Crippen molar-refractivity contribution in [1.82, 2.24) is 21.3 Å². The minimum atomic E-state index is -2.42. The molecule has 0 aliphatic carbocycles. The summed E-state index contributed by atoms with van der Waals surface area (Å²) in [5, 5.41) is 298. The van der Waals surface area contributed by atoms with Crippen molar-refractivity contribution in [3.8, 4) is 0 Å². The molecular formula is C68H114N4O49.